The average Bonchev–Trinajstić information content (AvgIpc) is 2.44. The second kappa shape index (κ2) is 5.10. The van der Waals surface area contributed by atoms with Crippen molar-refractivity contribution < 1.29 is 5.11 Å². The standard InChI is InChI=1S/C11H24N2O/c1-11(2,14)9-12-6-4-10-5-7-13(3)8-10/h10,12,14H,4-9H2,1-3H3. The zero-order valence-electron chi connectivity index (χ0n) is 9.71. The van der Waals surface area contributed by atoms with Gasteiger partial charge in [0.1, 0.15) is 0 Å². The molecule has 84 valence electrons. The third-order valence-electron chi connectivity index (χ3n) is 2.78. The molecule has 2 N–H and O–H groups in total. The second-order valence-electron chi connectivity index (χ2n) is 5.19. The molecule has 1 atom stereocenters. The molecular formula is C11H24N2O. The molecule has 1 saturated heterocycles. The first kappa shape index (κ1) is 12.0. The molecule has 1 unspecified atom stereocenters. The van der Waals surface area contributed by atoms with E-state index in [1.807, 2.05) is 13.8 Å². The van der Waals surface area contributed by atoms with Crippen LogP contribution in [-0.4, -0.2) is 48.8 Å². The summed E-state index contributed by atoms with van der Waals surface area (Å²) >= 11 is 0. The summed E-state index contributed by atoms with van der Waals surface area (Å²) in [5, 5.41) is 12.8. The van der Waals surface area contributed by atoms with Gasteiger partial charge in [0, 0.05) is 13.1 Å². The van der Waals surface area contributed by atoms with Crippen LogP contribution in [0.4, 0.5) is 0 Å². The number of nitrogens with one attached hydrogen (secondary N) is 1. The van der Waals surface area contributed by atoms with E-state index >= 15 is 0 Å². The van der Waals surface area contributed by atoms with Gasteiger partial charge in [0.2, 0.25) is 0 Å². The maximum atomic E-state index is 9.48. The van der Waals surface area contributed by atoms with Crippen LogP contribution in [0, 0.1) is 5.92 Å². The lowest BCUT2D eigenvalue weighted by Gasteiger charge is -2.18. The Labute approximate surface area is 87.5 Å². The monoisotopic (exact) mass is 200 g/mol. The fourth-order valence-electron chi connectivity index (χ4n) is 1.96. The number of hydrogen-bond donors (Lipinski definition) is 2. The van der Waals surface area contributed by atoms with E-state index in [1.54, 1.807) is 0 Å². The van der Waals surface area contributed by atoms with Crippen molar-refractivity contribution >= 4 is 0 Å². The summed E-state index contributed by atoms with van der Waals surface area (Å²) in [5.74, 6) is 0.856. The predicted octanol–water partition coefficient (Wildman–Crippen LogP) is 0.689. The molecule has 1 heterocycles. The maximum Gasteiger partial charge on any atom is 0.0715 e. The molecule has 0 aliphatic carbocycles. The van der Waals surface area contributed by atoms with Gasteiger partial charge in [-0.25, -0.2) is 0 Å². The number of aliphatic hydroxyl groups is 1. The van der Waals surface area contributed by atoms with Gasteiger partial charge < -0.3 is 15.3 Å². The molecule has 3 nitrogen and oxygen atoms in total. The Balaban J connectivity index is 1.99. The minimum atomic E-state index is -0.577. The zero-order chi connectivity index (χ0) is 10.6. The summed E-state index contributed by atoms with van der Waals surface area (Å²) < 4.78 is 0. The van der Waals surface area contributed by atoms with Gasteiger partial charge in [-0.3, -0.25) is 0 Å². The van der Waals surface area contributed by atoms with Crippen LogP contribution < -0.4 is 5.32 Å². The van der Waals surface area contributed by atoms with Gasteiger partial charge in [-0.1, -0.05) is 0 Å². The molecule has 0 spiro atoms. The van der Waals surface area contributed by atoms with Crippen LogP contribution in [0.1, 0.15) is 26.7 Å². The van der Waals surface area contributed by atoms with Gasteiger partial charge in [0.25, 0.3) is 0 Å². The topological polar surface area (TPSA) is 35.5 Å². The number of hydrogen-bond acceptors (Lipinski definition) is 3. The van der Waals surface area contributed by atoms with Crippen molar-refractivity contribution in [2.75, 3.05) is 33.2 Å². The van der Waals surface area contributed by atoms with E-state index in [1.165, 1.54) is 25.9 Å². The summed E-state index contributed by atoms with van der Waals surface area (Å²) in [4.78, 5) is 2.39. The van der Waals surface area contributed by atoms with Crippen molar-refractivity contribution in [2.45, 2.75) is 32.3 Å². The Morgan fingerprint density at radius 2 is 2.21 bits per heavy atom. The van der Waals surface area contributed by atoms with Crippen molar-refractivity contribution in [3.8, 4) is 0 Å². The molecule has 1 aliphatic rings. The first-order valence-electron chi connectivity index (χ1n) is 5.59. The number of likely N-dealkylation sites (tertiary alicyclic amines) is 1. The maximum absolute atomic E-state index is 9.48. The van der Waals surface area contributed by atoms with Gasteiger partial charge in [-0.15, -0.1) is 0 Å². The van der Waals surface area contributed by atoms with Crippen molar-refractivity contribution in [3.63, 3.8) is 0 Å². The summed E-state index contributed by atoms with van der Waals surface area (Å²) in [6.07, 6.45) is 2.57. The van der Waals surface area contributed by atoms with E-state index in [0.717, 1.165) is 12.5 Å². The third kappa shape index (κ3) is 4.94. The van der Waals surface area contributed by atoms with E-state index in [4.69, 9.17) is 0 Å². The highest BCUT2D eigenvalue weighted by Crippen LogP contribution is 2.16. The van der Waals surface area contributed by atoms with E-state index in [2.05, 4.69) is 17.3 Å². The highest BCUT2D eigenvalue weighted by atomic mass is 16.3. The molecule has 0 aromatic carbocycles. The van der Waals surface area contributed by atoms with Crippen molar-refractivity contribution in [2.24, 2.45) is 5.92 Å². The first-order valence-corrected chi connectivity index (χ1v) is 5.59. The molecular weight excluding hydrogens is 176 g/mol. The molecule has 1 rings (SSSR count). The fourth-order valence-corrected chi connectivity index (χ4v) is 1.96. The van der Waals surface area contributed by atoms with Gasteiger partial charge >= 0.3 is 0 Å². The highest BCUT2D eigenvalue weighted by Gasteiger charge is 2.19. The van der Waals surface area contributed by atoms with E-state index in [-0.39, 0.29) is 0 Å². The number of rotatable bonds is 5. The Morgan fingerprint density at radius 1 is 1.50 bits per heavy atom. The highest BCUT2D eigenvalue weighted by molar-refractivity contribution is 4.74. The molecule has 3 heteroatoms. The van der Waals surface area contributed by atoms with Crippen LogP contribution in [0.3, 0.4) is 0 Å². The third-order valence-corrected chi connectivity index (χ3v) is 2.78. The molecule has 0 aromatic heterocycles. The van der Waals surface area contributed by atoms with Gasteiger partial charge in [-0.2, -0.15) is 0 Å². The average molecular weight is 200 g/mol. The lowest BCUT2D eigenvalue weighted by molar-refractivity contribution is 0.0796. The van der Waals surface area contributed by atoms with Gasteiger partial charge in [0.05, 0.1) is 5.60 Å². The summed E-state index contributed by atoms with van der Waals surface area (Å²) in [5.41, 5.74) is -0.577. The van der Waals surface area contributed by atoms with Crippen molar-refractivity contribution in [3.05, 3.63) is 0 Å². The molecule has 1 aliphatic heterocycles. The van der Waals surface area contributed by atoms with Gasteiger partial charge in [-0.05, 0) is 52.7 Å². The first-order chi connectivity index (χ1) is 6.47. The Morgan fingerprint density at radius 3 is 2.71 bits per heavy atom. The van der Waals surface area contributed by atoms with Crippen LogP contribution in [0.2, 0.25) is 0 Å². The van der Waals surface area contributed by atoms with Crippen molar-refractivity contribution in [1.82, 2.24) is 10.2 Å². The zero-order valence-corrected chi connectivity index (χ0v) is 9.71. The van der Waals surface area contributed by atoms with Crippen LogP contribution >= 0.6 is 0 Å². The van der Waals surface area contributed by atoms with Gasteiger partial charge in [0.15, 0.2) is 0 Å². The minimum absolute atomic E-state index is 0.577. The quantitative estimate of drug-likeness (QED) is 0.641. The van der Waals surface area contributed by atoms with Crippen LogP contribution in [0.5, 0.6) is 0 Å². The van der Waals surface area contributed by atoms with Crippen LogP contribution in [0.25, 0.3) is 0 Å². The Hall–Kier alpha value is -0.120. The smallest absolute Gasteiger partial charge is 0.0715 e. The van der Waals surface area contributed by atoms with Crippen LogP contribution in [-0.2, 0) is 0 Å². The molecule has 0 radical (unpaired) electrons. The minimum Gasteiger partial charge on any atom is -0.389 e. The van der Waals surface area contributed by atoms with E-state index in [0.29, 0.717) is 6.54 Å². The summed E-state index contributed by atoms with van der Waals surface area (Å²) in [6, 6.07) is 0. The van der Waals surface area contributed by atoms with Crippen molar-refractivity contribution in [1.29, 1.82) is 0 Å². The lowest BCUT2D eigenvalue weighted by Crippen LogP contribution is -2.35. The number of nitrogens with zero attached hydrogens (tertiary/aromatic N) is 1. The fraction of sp³-hybridized carbons (Fsp3) is 1.00. The largest absolute Gasteiger partial charge is 0.389 e. The summed E-state index contributed by atoms with van der Waals surface area (Å²) in [7, 11) is 2.18. The molecule has 0 bridgehead atoms. The second-order valence-corrected chi connectivity index (χ2v) is 5.19. The molecule has 1 fully saturated rings. The SMILES string of the molecule is CN1CCC(CCNCC(C)(C)O)C1. The van der Waals surface area contributed by atoms with E-state index < -0.39 is 5.60 Å². The Kier molecular flexibility index (Phi) is 4.35. The molecule has 0 aromatic rings. The lowest BCUT2D eigenvalue weighted by atomic mass is 10.0. The molecule has 0 saturated carbocycles. The van der Waals surface area contributed by atoms with Crippen LogP contribution in [0.15, 0.2) is 0 Å². The van der Waals surface area contributed by atoms with E-state index in [9.17, 15) is 5.11 Å². The summed E-state index contributed by atoms with van der Waals surface area (Å²) in [6.45, 7) is 7.88. The normalized spacial score (nSPS) is 24.4. The molecule has 14 heavy (non-hydrogen) atoms. The molecule has 0 amide bonds. The Bertz CT molecular complexity index is 165. The predicted molar refractivity (Wildman–Crippen MR) is 59.4 cm³/mol.